The van der Waals surface area contributed by atoms with Crippen LogP contribution in [-0.4, -0.2) is 136 Å². The molecule has 5 unspecified atom stereocenters. The van der Waals surface area contributed by atoms with Gasteiger partial charge in [-0.1, -0.05) is 76.4 Å². The van der Waals surface area contributed by atoms with Crippen LogP contribution in [0.2, 0.25) is 0 Å². The van der Waals surface area contributed by atoms with Crippen molar-refractivity contribution in [2.75, 3.05) is 26.4 Å². The molecule has 3 aromatic carbocycles. The van der Waals surface area contributed by atoms with E-state index in [0.717, 1.165) is 32.1 Å². The molecule has 6 fully saturated rings. The lowest BCUT2D eigenvalue weighted by Gasteiger charge is -2.54. The van der Waals surface area contributed by atoms with Gasteiger partial charge in [0.2, 0.25) is 0 Å². The number of rotatable bonds is 14. The molecule has 6 aliphatic rings. The van der Waals surface area contributed by atoms with Gasteiger partial charge in [0.1, 0.15) is 43.2 Å². The second-order valence-corrected chi connectivity index (χ2v) is 18.3. The molecule has 4 heterocycles. The predicted molar refractivity (Wildman–Crippen MR) is 248 cm³/mol. The van der Waals surface area contributed by atoms with E-state index in [9.17, 15) is 31.0 Å². The third-order valence-corrected chi connectivity index (χ3v) is 13.7. The summed E-state index contributed by atoms with van der Waals surface area (Å²) in [5, 5.41) is 12.3. The average Bonchev–Trinajstić information content (AvgIpc) is 3.78. The van der Waals surface area contributed by atoms with Crippen molar-refractivity contribution in [3.05, 3.63) is 139 Å². The Kier molecular flexibility index (Phi) is 16.8. The summed E-state index contributed by atoms with van der Waals surface area (Å²) in [4.78, 5) is 50.8. The lowest BCUT2D eigenvalue weighted by atomic mass is 9.83. The van der Waals surface area contributed by atoms with Crippen LogP contribution in [0.4, 0.5) is 0 Å². The maximum absolute atomic E-state index is 14.1. The normalized spacial score (nSPS) is 33.0. The van der Waals surface area contributed by atoms with Gasteiger partial charge in [-0.05, 0) is 91.5 Å². The van der Waals surface area contributed by atoms with E-state index in [1.807, 2.05) is 0 Å². The lowest BCUT2D eigenvalue weighted by molar-refractivity contribution is -0.399. The molecule has 0 N–H and O–H groups in total. The standard InChI is InChI=1S/C49H55N9O14/c50-56-53-32-26-33(54-57-51)38(42-37(32)62-24-14-5-15-25-63-42)70-47-36(55-58-52)41(40-35(66-47)28-65-49(72-40)22-12-4-13-23-49)71-48-43(69-46(61)31-20-10-3-11-21-31)39(68-45(60)30-18-8-2-9-19-30)34(67-48)27-64-44(59)29-16-6-1-7-17-29/h1-3,6-11,16-21,32-43,47-48H,4-5,12-15,22-28H2/t32-,33?,34-,35?,36?,37-,38-,39?,40-,41-,42?,43+,47-,48+/m1/s1. The molecule has 3 aromatic rings. The average molecular weight is 994 g/mol. The first-order valence-corrected chi connectivity index (χ1v) is 24.3. The molecule has 4 aliphatic heterocycles. The second-order valence-electron chi connectivity index (χ2n) is 18.3. The number of carbonyl (C=O) groups excluding carboxylic acids is 3. The first kappa shape index (κ1) is 50.6. The van der Waals surface area contributed by atoms with Crippen molar-refractivity contribution in [1.29, 1.82) is 0 Å². The zero-order valence-corrected chi connectivity index (χ0v) is 39.2. The topological polar surface area (TPSA) is 299 Å². The molecule has 2 saturated carbocycles. The Bertz CT molecular complexity index is 2480. The number of hydrogen-bond donors (Lipinski definition) is 0. The third kappa shape index (κ3) is 11.6. The molecule has 4 saturated heterocycles. The number of carbonyl (C=O) groups is 3. The molecule has 72 heavy (non-hydrogen) atoms. The van der Waals surface area contributed by atoms with E-state index in [1.54, 1.807) is 91.0 Å². The first-order valence-electron chi connectivity index (χ1n) is 24.3. The van der Waals surface area contributed by atoms with E-state index >= 15 is 0 Å². The molecule has 0 amide bonds. The molecule has 0 aromatic heterocycles. The van der Waals surface area contributed by atoms with E-state index in [0.29, 0.717) is 25.9 Å². The molecule has 23 nitrogen and oxygen atoms in total. The highest BCUT2D eigenvalue weighted by Gasteiger charge is 2.60. The quantitative estimate of drug-likeness (QED) is 0.0486. The Morgan fingerprint density at radius 2 is 1.14 bits per heavy atom. The van der Waals surface area contributed by atoms with Crippen molar-refractivity contribution >= 4 is 17.9 Å². The zero-order valence-electron chi connectivity index (χ0n) is 39.2. The van der Waals surface area contributed by atoms with Gasteiger partial charge in [-0.2, -0.15) is 0 Å². The number of fused-ring (bicyclic) bond motifs is 2. The fourth-order valence-electron chi connectivity index (χ4n) is 10.2. The van der Waals surface area contributed by atoms with Gasteiger partial charge in [-0.15, -0.1) is 0 Å². The summed E-state index contributed by atoms with van der Waals surface area (Å²) in [6.45, 7) is 0.101. The van der Waals surface area contributed by atoms with E-state index < -0.39 is 116 Å². The number of ether oxygens (including phenoxy) is 11. The summed E-state index contributed by atoms with van der Waals surface area (Å²) in [5.74, 6) is -3.39. The molecule has 380 valence electrons. The van der Waals surface area contributed by atoms with Crippen molar-refractivity contribution in [2.24, 2.45) is 15.3 Å². The summed E-state index contributed by atoms with van der Waals surface area (Å²) in [6, 6.07) is 21.3. The Labute approximate surface area is 413 Å². The Morgan fingerprint density at radius 3 is 1.76 bits per heavy atom. The molecule has 14 atom stereocenters. The van der Waals surface area contributed by atoms with Crippen LogP contribution in [-0.2, 0) is 52.1 Å². The van der Waals surface area contributed by atoms with Crippen molar-refractivity contribution in [3.63, 3.8) is 0 Å². The van der Waals surface area contributed by atoms with Crippen molar-refractivity contribution < 1.29 is 66.5 Å². The molecular formula is C49H55N9O14. The predicted octanol–water partition coefficient (Wildman–Crippen LogP) is 7.99. The van der Waals surface area contributed by atoms with Crippen LogP contribution in [0.3, 0.4) is 0 Å². The lowest BCUT2D eigenvalue weighted by Crippen LogP contribution is -2.68. The Balaban J connectivity index is 1.10. The highest BCUT2D eigenvalue weighted by atomic mass is 16.8. The molecule has 2 aliphatic carbocycles. The van der Waals surface area contributed by atoms with Gasteiger partial charge in [0, 0.05) is 40.8 Å². The maximum Gasteiger partial charge on any atom is 0.338 e. The first-order chi connectivity index (χ1) is 35.3. The second kappa shape index (κ2) is 23.9. The Hall–Kier alpha value is -6.32. The SMILES string of the molecule is [N-]=[N+]=NC1C[C@@H](N=[N+]=[N-])[C@H]2OCCCCCOC2[C@@H]1O[C@H]1OC2COC3(CCCCC3)O[C@H]2[C@H](O[C@@H]2O[C@H](COC(=O)c3ccccc3)C(OC(=O)c3ccccc3)[C@@H]2OC(=O)c2ccccc2)C1N=[N+]=[N-]. The number of nitrogens with zero attached hydrogens (tertiary/aromatic N) is 9. The monoisotopic (exact) mass is 993 g/mol. The summed E-state index contributed by atoms with van der Waals surface area (Å²) in [6.07, 6.45) is -7.81. The van der Waals surface area contributed by atoms with Gasteiger partial charge in [0.25, 0.3) is 0 Å². The van der Waals surface area contributed by atoms with Crippen LogP contribution in [0, 0.1) is 0 Å². The van der Waals surface area contributed by atoms with Crippen LogP contribution < -0.4 is 0 Å². The van der Waals surface area contributed by atoms with Crippen molar-refractivity contribution in [2.45, 2.75) is 149 Å². The van der Waals surface area contributed by atoms with Gasteiger partial charge in [-0.25, -0.2) is 14.4 Å². The van der Waals surface area contributed by atoms with E-state index in [1.165, 1.54) is 0 Å². The van der Waals surface area contributed by atoms with Gasteiger partial charge >= 0.3 is 17.9 Å². The van der Waals surface area contributed by atoms with E-state index in [4.69, 9.17) is 52.1 Å². The number of benzene rings is 3. The number of esters is 3. The highest BCUT2D eigenvalue weighted by Crippen LogP contribution is 2.45. The van der Waals surface area contributed by atoms with Crippen LogP contribution in [0.25, 0.3) is 31.3 Å². The van der Waals surface area contributed by atoms with Crippen LogP contribution in [0.1, 0.15) is 88.9 Å². The van der Waals surface area contributed by atoms with Crippen molar-refractivity contribution in [1.82, 2.24) is 0 Å². The largest absolute Gasteiger partial charge is 0.459 e. The molecule has 0 radical (unpaired) electrons. The summed E-state index contributed by atoms with van der Waals surface area (Å²) >= 11 is 0. The van der Waals surface area contributed by atoms with E-state index in [2.05, 4.69) is 30.1 Å². The van der Waals surface area contributed by atoms with Gasteiger partial charge in [-0.3, -0.25) is 0 Å². The fraction of sp³-hybridized carbons (Fsp3) is 0.571. The van der Waals surface area contributed by atoms with Crippen molar-refractivity contribution in [3.8, 4) is 0 Å². The van der Waals surface area contributed by atoms with E-state index in [-0.39, 0.29) is 36.3 Å². The summed E-state index contributed by atoms with van der Waals surface area (Å²) in [5.41, 5.74) is 30.3. The minimum atomic E-state index is -1.63. The molecule has 23 heteroatoms. The maximum atomic E-state index is 14.1. The smallest absolute Gasteiger partial charge is 0.338 e. The highest BCUT2D eigenvalue weighted by molar-refractivity contribution is 5.91. The van der Waals surface area contributed by atoms with Crippen LogP contribution in [0.5, 0.6) is 0 Å². The van der Waals surface area contributed by atoms with Gasteiger partial charge in [0.15, 0.2) is 30.6 Å². The number of azide groups is 3. The fourth-order valence-corrected chi connectivity index (χ4v) is 10.2. The summed E-state index contributed by atoms with van der Waals surface area (Å²) < 4.78 is 71.3. The van der Waals surface area contributed by atoms with Gasteiger partial charge in [0.05, 0.1) is 47.6 Å². The molecule has 1 spiro atoms. The minimum Gasteiger partial charge on any atom is -0.459 e. The molecule has 9 rings (SSSR count). The summed E-state index contributed by atoms with van der Waals surface area (Å²) in [7, 11) is 0. The molecular weight excluding hydrogens is 939 g/mol. The Morgan fingerprint density at radius 1 is 0.583 bits per heavy atom. The zero-order chi connectivity index (χ0) is 49.9. The molecule has 0 bridgehead atoms. The van der Waals surface area contributed by atoms with Crippen LogP contribution >= 0.6 is 0 Å². The van der Waals surface area contributed by atoms with Crippen LogP contribution in [0.15, 0.2) is 106 Å². The van der Waals surface area contributed by atoms with Gasteiger partial charge < -0.3 is 52.1 Å². The third-order valence-electron chi connectivity index (χ3n) is 13.7. The minimum absolute atomic E-state index is 0.0181. The number of hydrogen-bond acceptors (Lipinski definition) is 17.